The monoisotopic (exact) mass is 306 g/mol. The third-order valence-corrected chi connectivity index (χ3v) is 3.20. The van der Waals surface area contributed by atoms with Gasteiger partial charge in [-0.05, 0) is 49.2 Å². The Balaban J connectivity index is 1.84. The zero-order valence-electron chi connectivity index (χ0n) is 13.0. The molecule has 0 aliphatic carbocycles. The molecule has 0 saturated heterocycles. The van der Waals surface area contributed by atoms with Gasteiger partial charge in [-0.2, -0.15) is 15.0 Å². The van der Waals surface area contributed by atoms with E-state index < -0.39 is 0 Å². The molecule has 3 aromatic rings. The second-order valence-electron chi connectivity index (χ2n) is 5.33. The third-order valence-electron chi connectivity index (χ3n) is 3.20. The Morgan fingerprint density at radius 3 is 1.65 bits per heavy atom. The van der Waals surface area contributed by atoms with Crippen molar-refractivity contribution in [3.8, 4) is 0 Å². The summed E-state index contributed by atoms with van der Waals surface area (Å²) in [6, 6.07) is 15.9. The van der Waals surface area contributed by atoms with E-state index in [9.17, 15) is 0 Å². The number of hydrogen-bond donors (Lipinski definition) is 3. The Kier molecular flexibility index (Phi) is 4.05. The van der Waals surface area contributed by atoms with Gasteiger partial charge >= 0.3 is 0 Å². The minimum Gasteiger partial charge on any atom is -0.368 e. The molecule has 3 rings (SSSR count). The van der Waals surface area contributed by atoms with Crippen LogP contribution in [0.5, 0.6) is 0 Å². The van der Waals surface area contributed by atoms with E-state index in [1.54, 1.807) is 0 Å². The maximum atomic E-state index is 5.78. The van der Waals surface area contributed by atoms with Crippen molar-refractivity contribution in [1.29, 1.82) is 0 Å². The van der Waals surface area contributed by atoms with Crippen LogP contribution in [0.1, 0.15) is 11.1 Å². The second-order valence-corrected chi connectivity index (χ2v) is 5.33. The Morgan fingerprint density at radius 2 is 1.22 bits per heavy atom. The summed E-state index contributed by atoms with van der Waals surface area (Å²) in [6.07, 6.45) is 0. The van der Waals surface area contributed by atoms with Crippen LogP contribution in [0.3, 0.4) is 0 Å². The van der Waals surface area contributed by atoms with Crippen LogP contribution in [0.4, 0.5) is 29.2 Å². The fourth-order valence-electron chi connectivity index (χ4n) is 2.21. The molecule has 2 aromatic carbocycles. The Morgan fingerprint density at radius 1 is 0.739 bits per heavy atom. The Bertz CT molecular complexity index is 765. The van der Waals surface area contributed by atoms with Crippen molar-refractivity contribution >= 4 is 29.2 Å². The van der Waals surface area contributed by atoms with Gasteiger partial charge in [0.15, 0.2) is 0 Å². The second kappa shape index (κ2) is 6.31. The zero-order chi connectivity index (χ0) is 16.2. The smallest absolute Gasteiger partial charge is 0.233 e. The van der Waals surface area contributed by atoms with Crippen LogP contribution in [-0.2, 0) is 0 Å². The first kappa shape index (κ1) is 14.8. The summed E-state index contributed by atoms with van der Waals surface area (Å²) in [5.74, 6) is 0.960. The molecule has 4 N–H and O–H groups in total. The molecular formula is C17H18N6. The number of hydrogen-bond acceptors (Lipinski definition) is 6. The first-order valence-corrected chi connectivity index (χ1v) is 7.27. The maximum Gasteiger partial charge on any atom is 0.233 e. The van der Waals surface area contributed by atoms with Crippen molar-refractivity contribution in [3.05, 3.63) is 59.7 Å². The average molecular weight is 306 g/mol. The highest BCUT2D eigenvalue weighted by atomic mass is 15.2. The lowest BCUT2D eigenvalue weighted by molar-refractivity contribution is 1.07. The van der Waals surface area contributed by atoms with Crippen molar-refractivity contribution < 1.29 is 0 Å². The highest BCUT2D eigenvalue weighted by Crippen LogP contribution is 2.19. The third kappa shape index (κ3) is 3.94. The lowest BCUT2D eigenvalue weighted by atomic mass is 10.2. The molecule has 23 heavy (non-hydrogen) atoms. The van der Waals surface area contributed by atoms with E-state index in [-0.39, 0.29) is 5.95 Å². The number of benzene rings is 2. The van der Waals surface area contributed by atoms with Crippen LogP contribution in [0.25, 0.3) is 0 Å². The lowest BCUT2D eigenvalue weighted by Crippen LogP contribution is -2.07. The molecule has 0 aliphatic rings. The SMILES string of the molecule is Cc1cccc(Nc2nc(N)nc(Nc3cccc(C)c3)n2)c1. The molecule has 1 heterocycles. The number of rotatable bonds is 4. The van der Waals surface area contributed by atoms with Gasteiger partial charge in [0.2, 0.25) is 17.8 Å². The van der Waals surface area contributed by atoms with E-state index in [2.05, 4.69) is 25.6 Å². The average Bonchev–Trinajstić information content (AvgIpc) is 2.46. The molecule has 0 unspecified atom stereocenters. The molecule has 6 heteroatoms. The zero-order valence-corrected chi connectivity index (χ0v) is 13.0. The predicted molar refractivity (Wildman–Crippen MR) is 93.2 cm³/mol. The van der Waals surface area contributed by atoms with Crippen LogP contribution in [-0.4, -0.2) is 15.0 Å². The maximum absolute atomic E-state index is 5.78. The van der Waals surface area contributed by atoms with Crippen molar-refractivity contribution in [2.45, 2.75) is 13.8 Å². The molecule has 0 saturated carbocycles. The number of nitrogens with two attached hydrogens (primary N) is 1. The summed E-state index contributed by atoms with van der Waals surface area (Å²) in [6.45, 7) is 4.05. The van der Waals surface area contributed by atoms with Gasteiger partial charge in [-0.1, -0.05) is 24.3 Å². The molecule has 1 aromatic heterocycles. The molecule has 0 atom stereocenters. The van der Waals surface area contributed by atoms with E-state index in [0.717, 1.165) is 22.5 Å². The summed E-state index contributed by atoms with van der Waals surface area (Å²) < 4.78 is 0. The van der Waals surface area contributed by atoms with E-state index in [1.165, 1.54) is 0 Å². The summed E-state index contributed by atoms with van der Waals surface area (Å²) in [5, 5.41) is 6.28. The van der Waals surface area contributed by atoms with Gasteiger partial charge < -0.3 is 16.4 Å². The van der Waals surface area contributed by atoms with Crippen LogP contribution in [0.2, 0.25) is 0 Å². The van der Waals surface area contributed by atoms with Gasteiger partial charge in [0.05, 0.1) is 0 Å². The minimum atomic E-state index is 0.158. The molecule has 0 bridgehead atoms. The van der Waals surface area contributed by atoms with Crippen LogP contribution >= 0.6 is 0 Å². The summed E-state index contributed by atoms with van der Waals surface area (Å²) in [5.41, 5.74) is 9.88. The number of nitrogen functional groups attached to an aromatic ring is 1. The van der Waals surface area contributed by atoms with Crippen molar-refractivity contribution in [2.75, 3.05) is 16.4 Å². The molecule has 6 nitrogen and oxygen atoms in total. The highest BCUT2D eigenvalue weighted by molar-refractivity contribution is 5.59. The minimum absolute atomic E-state index is 0.158. The van der Waals surface area contributed by atoms with Gasteiger partial charge in [-0.15, -0.1) is 0 Å². The first-order chi connectivity index (χ1) is 11.1. The van der Waals surface area contributed by atoms with Crippen molar-refractivity contribution in [3.63, 3.8) is 0 Å². The number of aromatic nitrogens is 3. The molecular weight excluding hydrogens is 288 g/mol. The van der Waals surface area contributed by atoms with E-state index >= 15 is 0 Å². The summed E-state index contributed by atoms with van der Waals surface area (Å²) >= 11 is 0. The molecule has 0 fully saturated rings. The normalized spacial score (nSPS) is 10.3. The van der Waals surface area contributed by atoms with Gasteiger partial charge in [-0.3, -0.25) is 0 Å². The quantitative estimate of drug-likeness (QED) is 0.683. The number of aryl methyl sites for hydroxylation is 2. The van der Waals surface area contributed by atoms with Crippen LogP contribution in [0.15, 0.2) is 48.5 Å². The fraction of sp³-hybridized carbons (Fsp3) is 0.118. The molecule has 0 aliphatic heterocycles. The Labute approximate surface area is 134 Å². The van der Waals surface area contributed by atoms with Gasteiger partial charge in [-0.25, -0.2) is 0 Å². The standard InChI is InChI=1S/C17H18N6/c1-11-5-3-7-13(9-11)19-16-21-15(18)22-17(23-16)20-14-8-4-6-12(2)10-14/h3-10H,1-2H3,(H4,18,19,20,21,22,23). The number of nitrogens with zero attached hydrogens (tertiary/aromatic N) is 3. The van der Waals surface area contributed by atoms with Gasteiger partial charge in [0.1, 0.15) is 0 Å². The van der Waals surface area contributed by atoms with Crippen LogP contribution in [0, 0.1) is 13.8 Å². The van der Waals surface area contributed by atoms with E-state index in [0.29, 0.717) is 11.9 Å². The topological polar surface area (TPSA) is 88.8 Å². The van der Waals surface area contributed by atoms with Crippen molar-refractivity contribution in [2.24, 2.45) is 0 Å². The van der Waals surface area contributed by atoms with Crippen LogP contribution < -0.4 is 16.4 Å². The summed E-state index contributed by atoms with van der Waals surface area (Å²) in [7, 11) is 0. The highest BCUT2D eigenvalue weighted by Gasteiger charge is 2.06. The Hall–Kier alpha value is -3.15. The van der Waals surface area contributed by atoms with E-state index in [4.69, 9.17) is 5.73 Å². The van der Waals surface area contributed by atoms with Gasteiger partial charge in [0, 0.05) is 11.4 Å². The molecule has 0 amide bonds. The summed E-state index contributed by atoms with van der Waals surface area (Å²) in [4.78, 5) is 12.6. The molecule has 0 spiro atoms. The van der Waals surface area contributed by atoms with Crippen molar-refractivity contribution in [1.82, 2.24) is 15.0 Å². The number of nitrogens with one attached hydrogen (secondary N) is 2. The molecule has 116 valence electrons. The first-order valence-electron chi connectivity index (χ1n) is 7.27. The predicted octanol–water partition coefficient (Wildman–Crippen LogP) is 3.56. The van der Waals surface area contributed by atoms with Gasteiger partial charge in [0.25, 0.3) is 0 Å². The largest absolute Gasteiger partial charge is 0.368 e. The molecule has 0 radical (unpaired) electrons. The van der Waals surface area contributed by atoms with E-state index in [1.807, 2.05) is 62.4 Å². The number of anilines is 5. The lowest BCUT2D eigenvalue weighted by Gasteiger charge is -2.09. The fourth-order valence-corrected chi connectivity index (χ4v) is 2.21.